The second-order valence-electron chi connectivity index (χ2n) is 4.93. The Hall–Kier alpha value is -1.87. The van der Waals surface area contributed by atoms with Crippen molar-refractivity contribution < 1.29 is 4.74 Å². The van der Waals surface area contributed by atoms with Crippen LogP contribution < -0.4 is 10.1 Å². The van der Waals surface area contributed by atoms with Gasteiger partial charge in [-0.05, 0) is 48.7 Å². The van der Waals surface area contributed by atoms with Gasteiger partial charge in [-0.2, -0.15) is 0 Å². The number of hydrogen-bond acceptors (Lipinski definition) is 3. The lowest BCUT2D eigenvalue weighted by Gasteiger charge is -2.24. The number of rotatable bonds is 2. The van der Waals surface area contributed by atoms with Crippen molar-refractivity contribution in [1.29, 1.82) is 0 Å². The number of ether oxygens (including phenoxy) is 1. The van der Waals surface area contributed by atoms with E-state index in [0.717, 1.165) is 18.5 Å². The van der Waals surface area contributed by atoms with Gasteiger partial charge in [-0.15, -0.1) is 0 Å². The van der Waals surface area contributed by atoms with E-state index in [0.29, 0.717) is 11.9 Å². The van der Waals surface area contributed by atoms with Gasteiger partial charge >= 0.3 is 0 Å². The fraction of sp³-hybridized carbons (Fsp3) is 0.312. The van der Waals surface area contributed by atoms with Crippen LogP contribution in [0.25, 0.3) is 11.1 Å². The summed E-state index contributed by atoms with van der Waals surface area (Å²) in [6.07, 6.45) is 2.97. The predicted octanol–water partition coefficient (Wildman–Crippen LogP) is 2.96. The molecule has 1 aromatic heterocycles. The summed E-state index contributed by atoms with van der Waals surface area (Å²) in [7, 11) is 1.63. The minimum Gasteiger partial charge on any atom is -0.481 e. The zero-order valence-electron chi connectivity index (χ0n) is 11.3. The number of hydrogen-bond donors (Lipinski definition) is 1. The van der Waals surface area contributed by atoms with E-state index in [1.165, 1.54) is 16.7 Å². The third-order valence-electron chi connectivity index (χ3n) is 3.74. The summed E-state index contributed by atoms with van der Waals surface area (Å²) in [4.78, 5) is 4.27. The minimum absolute atomic E-state index is 0.426. The Bertz CT molecular complexity index is 578. The molecule has 3 nitrogen and oxygen atoms in total. The molecule has 1 unspecified atom stereocenters. The van der Waals surface area contributed by atoms with Crippen molar-refractivity contribution in [1.82, 2.24) is 10.3 Å². The van der Waals surface area contributed by atoms with Crippen molar-refractivity contribution in [2.75, 3.05) is 13.7 Å². The van der Waals surface area contributed by atoms with Gasteiger partial charge in [-0.25, -0.2) is 4.98 Å². The Morgan fingerprint density at radius 2 is 2.05 bits per heavy atom. The van der Waals surface area contributed by atoms with E-state index in [2.05, 4.69) is 41.5 Å². The number of benzene rings is 1. The van der Waals surface area contributed by atoms with E-state index in [1.807, 2.05) is 12.3 Å². The molecule has 3 rings (SSSR count). The highest BCUT2D eigenvalue weighted by atomic mass is 16.5. The molecule has 19 heavy (non-hydrogen) atoms. The average molecular weight is 254 g/mol. The predicted molar refractivity (Wildman–Crippen MR) is 76.3 cm³/mol. The summed E-state index contributed by atoms with van der Waals surface area (Å²) in [6, 6.07) is 11.1. The third-order valence-corrected chi connectivity index (χ3v) is 3.74. The van der Waals surface area contributed by atoms with Gasteiger partial charge in [0.15, 0.2) is 0 Å². The lowest BCUT2D eigenvalue weighted by molar-refractivity contribution is 0.398. The standard InChI is InChI=1S/C16H18N2O/c1-11-15-9-13(4-3-12(15)7-8-17-11)14-5-6-16(19-2)18-10-14/h3-6,9-11,17H,7-8H2,1-2H3. The van der Waals surface area contributed by atoms with Crippen molar-refractivity contribution in [3.05, 3.63) is 47.7 Å². The molecule has 0 saturated carbocycles. The van der Waals surface area contributed by atoms with E-state index in [-0.39, 0.29) is 0 Å². The Kier molecular flexibility index (Phi) is 3.22. The number of aromatic nitrogens is 1. The van der Waals surface area contributed by atoms with Crippen LogP contribution in [0.15, 0.2) is 36.5 Å². The summed E-state index contributed by atoms with van der Waals surface area (Å²) in [5.74, 6) is 0.650. The van der Waals surface area contributed by atoms with E-state index in [4.69, 9.17) is 4.74 Å². The molecular formula is C16H18N2O. The van der Waals surface area contributed by atoms with Crippen LogP contribution in [0.4, 0.5) is 0 Å². The summed E-state index contributed by atoms with van der Waals surface area (Å²) in [6.45, 7) is 3.28. The molecule has 98 valence electrons. The number of fused-ring (bicyclic) bond motifs is 1. The van der Waals surface area contributed by atoms with Crippen LogP contribution in [0.5, 0.6) is 5.88 Å². The molecule has 0 fully saturated rings. The SMILES string of the molecule is COc1ccc(-c2ccc3c(c2)C(C)NCC3)cn1. The van der Waals surface area contributed by atoms with Gasteiger partial charge in [0.05, 0.1) is 7.11 Å². The smallest absolute Gasteiger partial charge is 0.212 e. The highest BCUT2D eigenvalue weighted by molar-refractivity contribution is 5.64. The van der Waals surface area contributed by atoms with Gasteiger partial charge in [0, 0.05) is 23.9 Å². The van der Waals surface area contributed by atoms with Crippen LogP contribution in [-0.2, 0) is 6.42 Å². The highest BCUT2D eigenvalue weighted by Crippen LogP contribution is 2.28. The van der Waals surface area contributed by atoms with E-state index >= 15 is 0 Å². The van der Waals surface area contributed by atoms with Crippen LogP contribution in [0.1, 0.15) is 24.1 Å². The van der Waals surface area contributed by atoms with Gasteiger partial charge in [0.1, 0.15) is 0 Å². The molecule has 1 aromatic carbocycles. The summed E-state index contributed by atoms with van der Waals surface area (Å²) in [5.41, 5.74) is 5.20. The van der Waals surface area contributed by atoms with Crippen LogP contribution in [0.3, 0.4) is 0 Å². The maximum atomic E-state index is 5.09. The summed E-state index contributed by atoms with van der Waals surface area (Å²) >= 11 is 0. The molecule has 1 aliphatic heterocycles. The normalized spacial score (nSPS) is 17.9. The van der Waals surface area contributed by atoms with Gasteiger partial charge in [-0.1, -0.05) is 12.1 Å². The van der Waals surface area contributed by atoms with Gasteiger partial charge in [-0.3, -0.25) is 0 Å². The van der Waals surface area contributed by atoms with Crippen molar-refractivity contribution in [2.45, 2.75) is 19.4 Å². The second kappa shape index (κ2) is 5.02. The molecule has 0 spiro atoms. The zero-order valence-corrected chi connectivity index (χ0v) is 11.3. The largest absolute Gasteiger partial charge is 0.481 e. The van der Waals surface area contributed by atoms with Crippen molar-refractivity contribution in [3.63, 3.8) is 0 Å². The second-order valence-corrected chi connectivity index (χ2v) is 4.93. The van der Waals surface area contributed by atoms with Crippen LogP contribution in [-0.4, -0.2) is 18.6 Å². The molecule has 2 heterocycles. The fourth-order valence-corrected chi connectivity index (χ4v) is 2.61. The lowest BCUT2D eigenvalue weighted by Crippen LogP contribution is -2.27. The van der Waals surface area contributed by atoms with Crippen molar-refractivity contribution >= 4 is 0 Å². The van der Waals surface area contributed by atoms with Crippen LogP contribution >= 0.6 is 0 Å². The Labute approximate surface area is 113 Å². The monoisotopic (exact) mass is 254 g/mol. The first-order chi connectivity index (χ1) is 9.28. The third kappa shape index (κ3) is 2.34. The first kappa shape index (κ1) is 12.2. The van der Waals surface area contributed by atoms with Crippen LogP contribution in [0.2, 0.25) is 0 Å². The van der Waals surface area contributed by atoms with Crippen molar-refractivity contribution in [3.8, 4) is 17.0 Å². The molecule has 1 atom stereocenters. The molecule has 0 radical (unpaired) electrons. The summed E-state index contributed by atoms with van der Waals surface area (Å²) < 4.78 is 5.09. The molecule has 1 aliphatic rings. The van der Waals surface area contributed by atoms with Crippen molar-refractivity contribution in [2.24, 2.45) is 0 Å². The quantitative estimate of drug-likeness (QED) is 0.894. The van der Waals surface area contributed by atoms with Crippen LogP contribution in [0, 0.1) is 0 Å². The molecule has 0 saturated heterocycles. The number of pyridine rings is 1. The number of nitrogens with one attached hydrogen (secondary N) is 1. The molecule has 2 aromatic rings. The lowest BCUT2D eigenvalue weighted by atomic mass is 9.92. The Morgan fingerprint density at radius 1 is 1.21 bits per heavy atom. The average Bonchev–Trinajstić information content (AvgIpc) is 2.47. The minimum atomic E-state index is 0.426. The first-order valence-corrected chi connectivity index (χ1v) is 6.64. The maximum Gasteiger partial charge on any atom is 0.212 e. The van der Waals surface area contributed by atoms with Gasteiger partial charge < -0.3 is 10.1 Å². The van der Waals surface area contributed by atoms with E-state index in [9.17, 15) is 0 Å². The molecule has 0 aliphatic carbocycles. The maximum absolute atomic E-state index is 5.09. The zero-order chi connectivity index (χ0) is 13.2. The number of methoxy groups -OCH3 is 1. The van der Waals surface area contributed by atoms with E-state index < -0.39 is 0 Å². The van der Waals surface area contributed by atoms with Gasteiger partial charge in [0.25, 0.3) is 0 Å². The fourth-order valence-electron chi connectivity index (χ4n) is 2.61. The molecular weight excluding hydrogens is 236 g/mol. The first-order valence-electron chi connectivity index (χ1n) is 6.64. The number of nitrogens with zero attached hydrogens (tertiary/aromatic N) is 1. The summed E-state index contributed by atoms with van der Waals surface area (Å²) in [5, 5.41) is 3.50. The highest BCUT2D eigenvalue weighted by Gasteiger charge is 2.16. The van der Waals surface area contributed by atoms with E-state index in [1.54, 1.807) is 7.11 Å². The topological polar surface area (TPSA) is 34.1 Å². The molecule has 1 N–H and O–H groups in total. The molecule has 0 amide bonds. The molecule has 0 bridgehead atoms. The van der Waals surface area contributed by atoms with Gasteiger partial charge in [0.2, 0.25) is 5.88 Å². The Morgan fingerprint density at radius 3 is 2.79 bits per heavy atom. The molecule has 3 heteroatoms. The Balaban J connectivity index is 1.98.